The summed E-state index contributed by atoms with van der Waals surface area (Å²) in [6.07, 6.45) is 0. The second-order valence-corrected chi connectivity index (χ2v) is 7.22. The van der Waals surface area contributed by atoms with Gasteiger partial charge in [-0.15, -0.1) is 10.2 Å². The van der Waals surface area contributed by atoms with Gasteiger partial charge in [0.1, 0.15) is 22.9 Å². The van der Waals surface area contributed by atoms with E-state index >= 15 is 0 Å². The smallest absolute Gasteiger partial charge is 0.237 e. The van der Waals surface area contributed by atoms with Crippen molar-refractivity contribution in [1.82, 2.24) is 19.7 Å². The Bertz CT molecular complexity index is 1270. The lowest BCUT2D eigenvalue weighted by atomic mass is 10.2. The van der Waals surface area contributed by atoms with Gasteiger partial charge in [-0.25, -0.2) is 4.98 Å². The second kappa shape index (κ2) is 6.98. The van der Waals surface area contributed by atoms with E-state index in [9.17, 15) is 10.1 Å². The molecule has 0 unspecified atom stereocenters. The Morgan fingerprint density at radius 1 is 1.32 bits per heavy atom. The molecule has 0 saturated heterocycles. The third kappa shape index (κ3) is 2.97. The molecule has 0 atom stereocenters. The number of rotatable bonds is 4. The van der Waals surface area contributed by atoms with Gasteiger partial charge in [0, 0.05) is 18.0 Å². The summed E-state index contributed by atoms with van der Waals surface area (Å²) in [5, 5.41) is 21.7. The third-order valence-corrected chi connectivity index (χ3v) is 5.41. The number of nitrogens with one attached hydrogen (secondary N) is 1. The monoisotopic (exact) mass is 392 g/mol. The molecule has 140 valence electrons. The van der Waals surface area contributed by atoms with Crippen molar-refractivity contribution < 1.29 is 9.21 Å². The lowest BCUT2D eigenvalue weighted by Gasteiger charge is -2.02. The van der Waals surface area contributed by atoms with E-state index in [-0.39, 0.29) is 17.5 Å². The molecule has 4 aromatic rings. The van der Waals surface area contributed by atoms with Crippen molar-refractivity contribution in [2.45, 2.75) is 19.0 Å². The minimum Gasteiger partial charge on any atom is -0.444 e. The summed E-state index contributed by atoms with van der Waals surface area (Å²) < 4.78 is 7.41. The maximum absolute atomic E-state index is 12.3. The number of para-hydroxylation sites is 1. The van der Waals surface area contributed by atoms with E-state index in [4.69, 9.17) is 4.42 Å². The standard InChI is InChI=1S/C19H16N6O2S/c1-10-11(2)27-18(13(10)8-20)21-15(26)9-28-19-22-17-16(23-24-19)12-6-4-5-7-14(12)25(17)3/h4-7H,9H2,1-3H3,(H,21,26). The number of hydrogen-bond acceptors (Lipinski definition) is 7. The number of carbonyl (C=O) groups is 1. The van der Waals surface area contributed by atoms with Crippen LogP contribution in [0.25, 0.3) is 22.1 Å². The number of furan rings is 1. The number of fused-ring (bicyclic) bond motifs is 3. The van der Waals surface area contributed by atoms with Crippen LogP contribution in [-0.4, -0.2) is 31.4 Å². The molecule has 9 heteroatoms. The summed E-state index contributed by atoms with van der Waals surface area (Å²) in [5.74, 6) is 0.538. The maximum atomic E-state index is 12.3. The molecule has 1 aromatic carbocycles. The highest BCUT2D eigenvalue weighted by Crippen LogP contribution is 2.27. The van der Waals surface area contributed by atoms with E-state index in [1.54, 1.807) is 13.8 Å². The topological polar surface area (TPSA) is 110 Å². The molecule has 0 radical (unpaired) electrons. The summed E-state index contributed by atoms with van der Waals surface area (Å²) in [6, 6.07) is 9.94. The van der Waals surface area contributed by atoms with Crippen LogP contribution >= 0.6 is 11.8 Å². The first-order valence-electron chi connectivity index (χ1n) is 8.50. The molecule has 0 bridgehead atoms. The number of thioether (sulfide) groups is 1. The van der Waals surface area contributed by atoms with Crippen LogP contribution in [0.3, 0.4) is 0 Å². The lowest BCUT2D eigenvalue weighted by molar-refractivity contribution is -0.113. The molecular weight excluding hydrogens is 376 g/mol. The summed E-state index contributed by atoms with van der Waals surface area (Å²) in [7, 11) is 1.92. The fourth-order valence-electron chi connectivity index (χ4n) is 3.00. The van der Waals surface area contributed by atoms with Gasteiger partial charge >= 0.3 is 0 Å². The van der Waals surface area contributed by atoms with Crippen molar-refractivity contribution in [2.24, 2.45) is 7.05 Å². The Labute approximate surface area is 164 Å². The Morgan fingerprint density at radius 2 is 2.11 bits per heavy atom. The molecule has 1 N–H and O–H groups in total. The highest BCUT2D eigenvalue weighted by molar-refractivity contribution is 7.99. The molecule has 3 heterocycles. The molecule has 8 nitrogen and oxygen atoms in total. The van der Waals surface area contributed by atoms with Crippen LogP contribution in [0.4, 0.5) is 5.88 Å². The molecule has 4 rings (SSSR count). The summed E-state index contributed by atoms with van der Waals surface area (Å²) >= 11 is 1.17. The molecule has 0 aliphatic carbocycles. The van der Waals surface area contributed by atoms with Crippen LogP contribution in [0, 0.1) is 25.2 Å². The normalized spacial score (nSPS) is 11.1. The van der Waals surface area contributed by atoms with Crippen LogP contribution in [0.1, 0.15) is 16.9 Å². The molecule has 0 fully saturated rings. The van der Waals surface area contributed by atoms with Gasteiger partial charge < -0.3 is 8.98 Å². The van der Waals surface area contributed by atoms with Crippen molar-refractivity contribution in [2.75, 3.05) is 11.1 Å². The molecule has 28 heavy (non-hydrogen) atoms. The first-order valence-corrected chi connectivity index (χ1v) is 9.48. The molecule has 1 amide bonds. The van der Waals surface area contributed by atoms with Crippen molar-refractivity contribution in [3.8, 4) is 6.07 Å². The van der Waals surface area contributed by atoms with Crippen molar-refractivity contribution in [1.29, 1.82) is 5.26 Å². The molecular formula is C19H16N6O2S. The molecule has 3 aromatic heterocycles. The number of aryl methyl sites for hydroxylation is 2. The number of nitriles is 1. The fourth-order valence-corrected chi connectivity index (χ4v) is 3.58. The van der Waals surface area contributed by atoms with Gasteiger partial charge in [0.2, 0.25) is 16.9 Å². The van der Waals surface area contributed by atoms with E-state index in [0.717, 1.165) is 22.0 Å². The predicted molar refractivity (Wildman–Crippen MR) is 106 cm³/mol. The van der Waals surface area contributed by atoms with Crippen molar-refractivity contribution in [3.05, 3.63) is 41.2 Å². The van der Waals surface area contributed by atoms with Gasteiger partial charge in [0.05, 0.1) is 11.3 Å². The molecule has 0 saturated carbocycles. The summed E-state index contributed by atoms with van der Waals surface area (Å²) in [5.41, 5.74) is 3.52. The van der Waals surface area contributed by atoms with E-state index in [0.29, 0.717) is 22.1 Å². The minimum atomic E-state index is -0.309. The number of carbonyl (C=O) groups excluding carboxylic acids is 1. The van der Waals surface area contributed by atoms with Gasteiger partial charge in [-0.1, -0.05) is 30.0 Å². The zero-order chi connectivity index (χ0) is 19.8. The van der Waals surface area contributed by atoms with E-state index < -0.39 is 0 Å². The highest BCUT2D eigenvalue weighted by Gasteiger charge is 2.17. The minimum absolute atomic E-state index is 0.0702. The molecule has 0 aliphatic heterocycles. The van der Waals surface area contributed by atoms with Crippen LogP contribution in [0.2, 0.25) is 0 Å². The van der Waals surface area contributed by atoms with Gasteiger partial charge in [-0.2, -0.15) is 5.26 Å². The van der Waals surface area contributed by atoms with Gasteiger partial charge in [0.25, 0.3) is 0 Å². The number of benzene rings is 1. The molecule has 0 spiro atoms. The number of hydrogen-bond donors (Lipinski definition) is 1. The Balaban J connectivity index is 1.52. The number of amides is 1. The van der Waals surface area contributed by atoms with Crippen LogP contribution in [0.15, 0.2) is 33.8 Å². The van der Waals surface area contributed by atoms with Gasteiger partial charge in [-0.05, 0) is 19.9 Å². The average molecular weight is 392 g/mol. The quantitative estimate of drug-likeness (QED) is 0.530. The largest absolute Gasteiger partial charge is 0.444 e. The zero-order valence-electron chi connectivity index (χ0n) is 15.5. The SMILES string of the molecule is Cc1oc(NC(=O)CSc2nnc3c4ccccc4n(C)c3n2)c(C#N)c1C. The van der Waals surface area contributed by atoms with Crippen LogP contribution in [-0.2, 0) is 11.8 Å². The van der Waals surface area contributed by atoms with E-state index in [1.807, 2.05) is 35.9 Å². The average Bonchev–Trinajstić information content (AvgIpc) is 3.14. The number of anilines is 1. The number of aromatic nitrogens is 4. The highest BCUT2D eigenvalue weighted by atomic mass is 32.2. The van der Waals surface area contributed by atoms with Crippen LogP contribution in [0.5, 0.6) is 0 Å². The Kier molecular flexibility index (Phi) is 4.49. The summed E-state index contributed by atoms with van der Waals surface area (Å²) in [6.45, 7) is 3.53. The predicted octanol–water partition coefficient (Wildman–Crippen LogP) is 3.33. The number of nitrogens with zero attached hydrogens (tertiary/aromatic N) is 5. The third-order valence-electron chi connectivity index (χ3n) is 4.57. The zero-order valence-corrected chi connectivity index (χ0v) is 16.3. The first-order chi connectivity index (χ1) is 13.5. The summed E-state index contributed by atoms with van der Waals surface area (Å²) in [4.78, 5) is 16.8. The van der Waals surface area contributed by atoms with Crippen molar-refractivity contribution >= 4 is 45.6 Å². The lowest BCUT2D eigenvalue weighted by Crippen LogP contribution is -2.14. The molecule has 0 aliphatic rings. The van der Waals surface area contributed by atoms with Gasteiger partial charge in [0.15, 0.2) is 5.65 Å². The first kappa shape index (κ1) is 18.0. The van der Waals surface area contributed by atoms with Crippen LogP contribution < -0.4 is 5.32 Å². The second-order valence-electron chi connectivity index (χ2n) is 6.28. The maximum Gasteiger partial charge on any atom is 0.237 e. The van der Waals surface area contributed by atoms with Crippen molar-refractivity contribution in [3.63, 3.8) is 0 Å². The van der Waals surface area contributed by atoms with Gasteiger partial charge in [-0.3, -0.25) is 10.1 Å². The van der Waals surface area contributed by atoms with E-state index in [2.05, 4.69) is 26.6 Å². The van der Waals surface area contributed by atoms with E-state index in [1.165, 1.54) is 11.8 Å². The Morgan fingerprint density at radius 3 is 2.89 bits per heavy atom. The Hall–Kier alpha value is -3.38. The fraction of sp³-hybridized carbons (Fsp3) is 0.211.